The first kappa shape index (κ1) is 23.5. The van der Waals surface area contributed by atoms with Crippen molar-refractivity contribution in [2.75, 3.05) is 12.4 Å². The molecule has 1 saturated heterocycles. The smallest absolute Gasteiger partial charge is 0.379 e. The standard InChI is InChI=1S/C22H27F4N5O2/c1-5-18(33-4)21-9-12(2)6-13(10-21)31(21)20(32)28-17-7-14(19-27-11-30(3)29-19)15(8-16(17)23)22(24,25)26/h7-8,11-13,18H,5-6,9-10H2,1-4H3,(H,28,32)/t12-,13?,18?,21?/m0/s1. The zero-order chi connectivity index (χ0) is 24.1. The largest absolute Gasteiger partial charge is 0.417 e. The molecule has 2 aromatic rings. The van der Waals surface area contributed by atoms with Gasteiger partial charge in [0.1, 0.15) is 12.1 Å². The minimum atomic E-state index is -4.82. The summed E-state index contributed by atoms with van der Waals surface area (Å²) >= 11 is 0. The lowest BCUT2D eigenvalue weighted by Crippen LogP contribution is -2.76. The average Bonchev–Trinajstić information content (AvgIpc) is 3.15. The number of urea groups is 1. The number of halogens is 4. The third kappa shape index (κ3) is 3.96. The number of nitrogens with zero attached hydrogens (tertiary/aromatic N) is 4. The SMILES string of the molecule is CCC(OC)C12CC(C[C@H](C)C1)N2C(=O)Nc1cc(-c2ncn(C)n2)c(C(F)(F)F)cc1F. The van der Waals surface area contributed by atoms with Crippen molar-refractivity contribution in [3.8, 4) is 11.4 Å². The number of carbonyl (C=O) groups is 1. The maximum atomic E-state index is 14.8. The number of aryl methyl sites for hydroxylation is 1. The molecule has 3 unspecified atom stereocenters. The second-order valence-corrected chi connectivity index (χ2v) is 9.06. The van der Waals surface area contributed by atoms with E-state index in [0.29, 0.717) is 18.4 Å². The second kappa shape index (κ2) is 8.27. The van der Waals surface area contributed by atoms with E-state index in [1.165, 1.54) is 18.1 Å². The van der Waals surface area contributed by atoms with Crippen molar-refractivity contribution in [1.82, 2.24) is 19.7 Å². The molecule has 33 heavy (non-hydrogen) atoms. The molecular formula is C22H27F4N5O2. The van der Waals surface area contributed by atoms with Crippen LogP contribution < -0.4 is 5.32 Å². The molecule has 1 aliphatic carbocycles. The molecule has 1 aromatic carbocycles. The van der Waals surface area contributed by atoms with Gasteiger partial charge in [0, 0.05) is 25.8 Å². The van der Waals surface area contributed by atoms with E-state index in [1.807, 2.05) is 6.92 Å². The van der Waals surface area contributed by atoms with Crippen molar-refractivity contribution < 1.29 is 27.1 Å². The van der Waals surface area contributed by atoms with Crippen molar-refractivity contribution in [2.45, 2.75) is 63.4 Å². The number of methoxy groups -OCH3 is 1. The number of aromatic nitrogens is 3. The van der Waals surface area contributed by atoms with Gasteiger partial charge in [0.05, 0.1) is 22.9 Å². The van der Waals surface area contributed by atoms with Crippen LogP contribution in [0.2, 0.25) is 0 Å². The van der Waals surface area contributed by atoms with Gasteiger partial charge in [-0.2, -0.15) is 18.3 Å². The molecule has 0 spiro atoms. The normalized spacial score (nSPS) is 25.5. The van der Waals surface area contributed by atoms with Crippen molar-refractivity contribution in [3.63, 3.8) is 0 Å². The third-order valence-corrected chi connectivity index (χ3v) is 6.78. The van der Waals surface area contributed by atoms with Crippen LogP contribution in [0.4, 0.5) is 28.0 Å². The molecule has 0 radical (unpaired) electrons. The van der Waals surface area contributed by atoms with Crippen molar-refractivity contribution in [1.29, 1.82) is 0 Å². The van der Waals surface area contributed by atoms with Crippen molar-refractivity contribution in [3.05, 3.63) is 29.8 Å². The fraction of sp³-hybridized carbons (Fsp3) is 0.591. The minimum Gasteiger partial charge on any atom is -0.379 e. The Bertz CT molecular complexity index is 1050. The van der Waals surface area contributed by atoms with E-state index >= 15 is 0 Å². The number of ether oxygens (including phenoxy) is 1. The number of hydrogen-bond acceptors (Lipinski definition) is 4. The van der Waals surface area contributed by atoms with Crippen LogP contribution in [0.1, 0.15) is 45.1 Å². The van der Waals surface area contributed by atoms with Gasteiger partial charge in [-0.15, -0.1) is 0 Å². The van der Waals surface area contributed by atoms with Crippen LogP contribution in [0.5, 0.6) is 0 Å². The summed E-state index contributed by atoms with van der Waals surface area (Å²) in [5.41, 5.74) is -2.48. The monoisotopic (exact) mass is 469 g/mol. The van der Waals surface area contributed by atoms with Crippen molar-refractivity contribution >= 4 is 11.7 Å². The summed E-state index contributed by atoms with van der Waals surface area (Å²) in [6.45, 7) is 4.10. The van der Waals surface area contributed by atoms with Crippen LogP contribution in [-0.2, 0) is 18.0 Å². The van der Waals surface area contributed by atoms with Gasteiger partial charge >= 0.3 is 12.2 Å². The molecule has 180 valence electrons. The Morgan fingerprint density at radius 1 is 1.36 bits per heavy atom. The molecule has 4 rings (SSSR count). The molecule has 7 nitrogen and oxygen atoms in total. The predicted molar refractivity (Wildman–Crippen MR) is 113 cm³/mol. The third-order valence-electron chi connectivity index (χ3n) is 6.78. The van der Waals surface area contributed by atoms with Gasteiger partial charge in [-0.1, -0.05) is 13.8 Å². The summed E-state index contributed by atoms with van der Waals surface area (Å²) < 4.78 is 62.4. The highest BCUT2D eigenvalue weighted by molar-refractivity contribution is 5.92. The van der Waals surface area contributed by atoms with E-state index in [9.17, 15) is 22.4 Å². The van der Waals surface area contributed by atoms with Gasteiger partial charge in [-0.3, -0.25) is 4.68 Å². The van der Waals surface area contributed by atoms with Gasteiger partial charge in [-0.05, 0) is 43.7 Å². The summed E-state index contributed by atoms with van der Waals surface area (Å²) in [5, 5.41) is 6.43. The molecule has 2 amide bonds. The average molecular weight is 469 g/mol. The Kier molecular flexibility index (Phi) is 5.88. The van der Waals surface area contributed by atoms with Gasteiger partial charge in [-0.25, -0.2) is 14.2 Å². The highest BCUT2D eigenvalue weighted by atomic mass is 19.4. The number of rotatable bonds is 5. The minimum absolute atomic E-state index is 0.0209. The van der Waals surface area contributed by atoms with Crippen LogP contribution in [0.15, 0.2) is 18.5 Å². The lowest BCUT2D eigenvalue weighted by atomic mass is 9.61. The first-order chi connectivity index (χ1) is 15.5. The molecule has 1 aromatic heterocycles. The molecule has 4 atom stereocenters. The summed E-state index contributed by atoms with van der Waals surface area (Å²) in [6.07, 6.45) is -0.707. The highest BCUT2D eigenvalue weighted by Gasteiger charge is 2.61. The Morgan fingerprint density at radius 3 is 2.67 bits per heavy atom. The topological polar surface area (TPSA) is 72.3 Å². The summed E-state index contributed by atoms with van der Waals surface area (Å²) in [6, 6.07) is 0.754. The van der Waals surface area contributed by atoms with E-state index in [0.717, 1.165) is 25.3 Å². The number of hydrogen-bond donors (Lipinski definition) is 1. The van der Waals surface area contributed by atoms with Gasteiger partial charge < -0.3 is 15.0 Å². The number of carbonyl (C=O) groups excluding carboxylic acids is 1. The molecule has 1 saturated carbocycles. The zero-order valence-corrected chi connectivity index (χ0v) is 18.9. The number of nitrogens with one attached hydrogen (secondary N) is 1. The Balaban J connectivity index is 1.68. The first-order valence-corrected chi connectivity index (χ1v) is 10.9. The lowest BCUT2D eigenvalue weighted by Gasteiger charge is -2.65. The van der Waals surface area contributed by atoms with Crippen LogP contribution in [0, 0.1) is 11.7 Å². The Morgan fingerprint density at radius 2 is 2.09 bits per heavy atom. The van der Waals surface area contributed by atoms with Crippen LogP contribution in [-0.4, -0.2) is 50.5 Å². The first-order valence-electron chi connectivity index (χ1n) is 10.9. The Labute approximate surface area is 189 Å². The Hall–Kier alpha value is -2.69. The fourth-order valence-corrected chi connectivity index (χ4v) is 5.65. The number of anilines is 1. The number of fused-ring (bicyclic) bond motifs is 2. The molecule has 2 fully saturated rings. The van der Waals surface area contributed by atoms with Gasteiger partial charge in [0.2, 0.25) is 0 Å². The maximum Gasteiger partial charge on any atom is 0.417 e. The quantitative estimate of drug-likeness (QED) is 0.636. The molecule has 2 aliphatic rings. The molecule has 11 heteroatoms. The fourth-order valence-electron chi connectivity index (χ4n) is 5.65. The van der Waals surface area contributed by atoms with E-state index in [4.69, 9.17) is 4.74 Å². The number of alkyl halides is 3. The predicted octanol–water partition coefficient (Wildman–Crippen LogP) is 4.84. The van der Waals surface area contributed by atoms with Gasteiger partial charge in [0.25, 0.3) is 0 Å². The van der Waals surface area contributed by atoms with E-state index in [-0.39, 0.29) is 23.7 Å². The van der Waals surface area contributed by atoms with Crippen LogP contribution in [0.25, 0.3) is 11.4 Å². The molecule has 1 N–H and O–H groups in total. The zero-order valence-electron chi connectivity index (χ0n) is 18.9. The number of amides is 2. The van der Waals surface area contributed by atoms with E-state index in [2.05, 4.69) is 22.3 Å². The molecular weight excluding hydrogens is 442 g/mol. The van der Waals surface area contributed by atoms with Crippen LogP contribution >= 0.6 is 0 Å². The van der Waals surface area contributed by atoms with E-state index in [1.54, 1.807) is 12.0 Å². The number of benzene rings is 1. The van der Waals surface area contributed by atoms with Gasteiger partial charge in [0.15, 0.2) is 5.82 Å². The lowest BCUT2D eigenvalue weighted by molar-refractivity contribution is -0.162. The summed E-state index contributed by atoms with van der Waals surface area (Å²) in [7, 11) is 3.12. The number of likely N-dealkylation sites (tertiary alicyclic amines) is 1. The highest BCUT2D eigenvalue weighted by Crippen LogP contribution is 2.53. The molecule has 2 heterocycles. The summed E-state index contributed by atoms with van der Waals surface area (Å²) in [5.74, 6) is -0.985. The van der Waals surface area contributed by atoms with E-state index < -0.39 is 34.7 Å². The number of piperidine rings is 1. The second-order valence-electron chi connectivity index (χ2n) is 9.06. The maximum absolute atomic E-state index is 14.8. The van der Waals surface area contributed by atoms with Crippen molar-refractivity contribution in [2.24, 2.45) is 13.0 Å². The van der Waals surface area contributed by atoms with Crippen LogP contribution in [0.3, 0.4) is 0 Å². The summed E-state index contributed by atoms with van der Waals surface area (Å²) in [4.78, 5) is 18.8. The molecule has 2 bridgehead atoms. The molecule has 1 aliphatic heterocycles.